The van der Waals surface area contributed by atoms with Crippen LogP contribution in [0.3, 0.4) is 0 Å². The van der Waals surface area contributed by atoms with E-state index >= 15 is 0 Å². The Hall–Kier alpha value is 0.169. The summed E-state index contributed by atoms with van der Waals surface area (Å²) in [4.78, 5) is 0. The number of hydrogen-bond donors (Lipinski definition) is 0. The first kappa shape index (κ1) is 13.2. The molecule has 0 spiro atoms. The van der Waals surface area contributed by atoms with Crippen LogP contribution in [0.4, 0.5) is 0 Å². The standard InChI is InChI=1S/C12H22Se/c1-2-3-4-5-6-7-8-9-10-11-12-13/h11H,2-10H2,1H3. The van der Waals surface area contributed by atoms with E-state index in [1.807, 2.05) is 0 Å². The van der Waals surface area contributed by atoms with Crippen molar-refractivity contribution in [3.8, 4) is 0 Å². The van der Waals surface area contributed by atoms with Crippen molar-refractivity contribution in [2.45, 2.75) is 64.7 Å². The molecule has 0 aliphatic heterocycles. The van der Waals surface area contributed by atoms with Gasteiger partial charge in [-0.15, -0.1) is 0 Å². The summed E-state index contributed by atoms with van der Waals surface area (Å²) in [5, 5.41) is 0. The van der Waals surface area contributed by atoms with Gasteiger partial charge in [-0.1, -0.05) is 0 Å². The molecule has 0 atom stereocenters. The Bertz CT molecular complexity index is 134. The van der Waals surface area contributed by atoms with Gasteiger partial charge in [0.15, 0.2) is 0 Å². The second-order valence-electron chi connectivity index (χ2n) is 3.59. The molecular weight excluding hydrogens is 223 g/mol. The van der Waals surface area contributed by atoms with Crippen molar-refractivity contribution in [3.63, 3.8) is 0 Å². The zero-order valence-corrected chi connectivity index (χ0v) is 10.6. The fourth-order valence-electron chi connectivity index (χ4n) is 1.44. The van der Waals surface area contributed by atoms with Crippen LogP contribution in [0.15, 0.2) is 6.08 Å². The van der Waals surface area contributed by atoms with Crippen LogP contribution in [0, 0.1) is 0 Å². The second kappa shape index (κ2) is 12.2. The summed E-state index contributed by atoms with van der Waals surface area (Å²) in [6.45, 7) is 2.27. The molecule has 0 rings (SSSR count). The maximum atomic E-state index is 2.94. The molecule has 76 valence electrons. The van der Waals surface area contributed by atoms with Crippen molar-refractivity contribution in [2.24, 2.45) is 0 Å². The van der Waals surface area contributed by atoms with E-state index in [0.29, 0.717) is 0 Å². The summed E-state index contributed by atoms with van der Waals surface area (Å²) in [5.41, 5.74) is 0. The molecule has 0 radical (unpaired) electrons. The van der Waals surface area contributed by atoms with Crippen molar-refractivity contribution in [2.75, 3.05) is 0 Å². The first-order valence-electron chi connectivity index (χ1n) is 5.61. The fourth-order valence-corrected chi connectivity index (χ4v) is 1.69. The summed E-state index contributed by atoms with van der Waals surface area (Å²) >= 11 is 2.76. The molecule has 0 aromatic rings. The van der Waals surface area contributed by atoms with Crippen molar-refractivity contribution < 1.29 is 0 Å². The zero-order valence-electron chi connectivity index (χ0n) is 8.85. The molecule has 0 N–H and O–H groups in total. The van der Waals surface area contributed by atoms with Gasteiger partial charge in [0.1, 0.15) is 0 Å². The van der Waals surface area contributed by atoms with Crippen molar-refractivity contribution in [1.82, 2.24) is 0 Å². The first-order chi connectivity index (χ1) is 6.41. The molecule has 0 amide bonds. The number of allylic oxidation sites excluding steroid dienone is 1. The predicted molar refractivity (Wildman–Crippen MR) is 62.6 cm³/mol. The van der Waals surface area contributed by atoms with Gasteiger partial charge in [-0.2, -0.15) is 0 Å². The molecule has 0 aliphatic rings. The quantitative estimate of drug-likeness (QED) is 0.429. The van der Waals surface area contributed by atoms with Crippen LogP contribution in [-0.4, -0.2) is 20.2 Å². The molecule has 0 heterocycles. The van der Waals surface area contributed by atoms with Gasteiger partial charge < -0.3 is 0 Å². The molecule has 0 fully saturated rings. The van der Waals surface area contributed by atoms with E-state index in [-0.39, 0.29) is 0 Å². The molecule has 0 nitrogen and oxygen atoms in total. The molecule has 0 aromatic heterocycles. The van der Waals surface area contributed by atoms with Crippen LogP contribution in [0.25, 0.3) is 0 Å². The second-order valence-corrected chi connectivity index (χ2v) is 4.08. The Morgan fingerprint density at radius 1 is 0.923 bits per heavy atom. The normalized spacial score (nSPS) is 9.62. The minimum absolute atomic E-state index is 1.20. The van der Waals surface area contributed by atoms with Crippen LogP contribution in [0.1, 0.15) is 64.7 Å². The van der Waals surface area contributed by atoms with Crippen molar-refractivity contribution >= 4 is 20.2 Å². The SMILES string of the molecule is CCCCCCCCCCC=C=[Se]. The predicted octanol–water partition coefficient (Wildman–Crippen LogP) is 3.64. The van der Waals surface area contributed by atoms with Crippen LogP contribution >= 0.6 is 0 Å². The Kier molecular flexibility index (Phi) is 12.3. The Balaban J connectivity index is 2.87. The molecular formula is C12H22Se. The van der Waals surface area contributed by atoms with E-state index in [1.54, 1.807) is 0 Å². The number of rotatable bonds is 9. The Morgan fingerprint density at radius 2 is 1.46 bits per heavy atom. The molecule has 0 aromatic carbocycles. The monoisotopic (exact) mass is 246 g/mol. The topological polar surface area (TPSA) is 0 Å². The van der Waals surface area contributed by atoms with Gasteiger partial charge in [0.2, 0.25) is 0 Å². The van der Waals surface area contributed by atoms with Crippen LogP contribution in [0.2, 0.25) is 0 Å². The average molecular weight is 245 g/mol. The van der Waals surface area contributed by atoms with Crippen LogP contribution in [0.5, 0.6) is 0 Å². The summed E-state index contributed by atoms with van der Waals surface area (Å²) in [5.74, 6) is 0. The van der Waals surface area contributed by atoms with Crippen LogP contribution in [-0.2, 0) is 0 Å². The molecule has 0 aliphatic carbocycles. The molecule has 13 heavy (non-hydrogen) atoms. The number of unbranched alkanes of at least 4 members (excludes halogenated alkanes) is 8. The van der Waals surface area contributed by atoms with E-state index in [2.05, 4.69) is 33.2 Å². The summed E-state index contributed by atoms with van der Waals surface area (Å²) in [6, 6.07) is 0. The van der Waals surface area contributed by atoms with E-state index in [0.717, 1.165) is 0 Å². The van der Waals surface area contributed by atoms with E-state index < -0.39 is 0 Å². The maximum absolute atomic E-state index is 2.94. The third kappa shape index (κ3) is 12.2. The minimum atomic E-state index is 1.20. The summed E-state index contributed by atoms with van der Waals surface area (Å²) in [7, 11) is 0. The first-order valence-corrected chi connectivity index (χ1v) is 6.46. The van der Waals surface area contributed by atoms with E-state index in [9.17, 15) is 0 Å². The molecule has 0 bridgehead atoms. The molecule has 1 heteroatoms. The van der Waals surface area contributed by atoms with Gasteiger partial charge in [0, 0.05) is 0 Å². The van der Waals surface area contributed by atoms with Gasteiger partial charge in [0.25, 0.3) is 0 Å². The number of hydrogen-bond acceptors (Lipinski definition) is 0. The van der Waals surface area contributed by atoms with E-state index in [1.165, 1.54) is 57.8 Å². The Labute approximate surface area is 91.2 Å². The van der Waals surface area contributed by atoms with Gasteiger partial charge in [0.05, 0.1) is 0 Å². The summed E-state index contributed by atoms with van der Waals surface area (Å²) < 4.78 is 2.94. The molecule has 0 saturated carbocycles. The zero-order chi connectivity index (χ0) is 9.78. The van der Waals surface area contributed by atoms with Crippen molar-refractivity contribution in [1.29, 1.82) is 0 Å². The van der Waals surface area contributed by atoms with Gasteiger partial charge in [-0.05, 0) is 0 Å². The average Bonchev–Trinajstić information content (AvgIpc) is 2.16. The fraction of sp³-hybridized carbons (Fsp3) is 0.833. The van der Waals surface area contributed by atoms with E-state index in [4.69, 9.17) is 0 Å². The Morgan fingerprint density at radius 3 is 2.00 bits per heavy atom. The molecule has 0 unspecified atom stereocenters. The third-order valence-corrected chi connectivity index (χ3v) is 2.64. The third-order valence-electron chi connectivity index (χ3n) is 2.29. The summed E-state index contributed by atoms with van der Waals surface area (Å²) in [6.07, 6.45) is 14.5. The molecule has 0 saturated heterocycles. The van der Waals surface area contributed by atoms with Gasteiger partial charge in [-0.25, -0.2) is 0 Å². The van der Waals surface area contributed by atoms with Gasteiger partial charge in [-0.3, -0.25) is 0 Å². The van der Waals surface area contributed by atoms with Gasteiger partial charge >= 0.3 is 90.9 Å². The van der Waals surface area contributed by atoms with Crippen LogP contribution < -0.4 is 0 Å². The van der Waals surface area contributed by atoms with Crippen molar-refractivity contribution in [3.05, 3.63) is 6.08 Å².